The summed E-state index contributed by atoms with van der Waals surface area (Å²) < 4.78 is 26.9. The largest absolute Gasteiger partial charge is 0.352 e. The van der Waals surface area contributed by atoms with Gasteiger partial charge < -0.3 is 10.2 Å². The number of benzene rings is 3. The molecule has 0 bridgehead atoms. The summed E-state index contributed by atoms with van der Waals surface area (Å²) in [5.74, 6) is -0.782. The Balaban J connectivity index is 2.08. The molecule has 0 aliphatic rings. The predicted octanol–water partition coefficient (Wildman–Crippen LogP) is 5.28. The van der Waals surface area contributed by atoms with Gasteiger partial charge in [-0.25, -0.2) is 8.42 Å². The van der Waals surface area contributed by atoms with E-state index in [0.717, 1.165) is 39.2 Å². The number of aryl methyl sites for hydroxylation is 2. The third-order valence-electron chi connectivity index (χ3n) is 7.00. The first-order valence-corrected chi connectivity index (χ1v) is 15.6. The molecule has 9 heteroatoms. The molecular formula is C31H38ClN3O4S. The first kappa shape index (κ1) is 31.2. The van der Waals surface area contributed by atoms with Gasteiger partial charge in [0.25, 0.3) is 0 Å². The maximum Gasteiger partial charge on any atom is 0.244 e. The van der Waals surface area contributed by atoms with E-state index in [1.807, 2.05) is 82.3 Å². The van der Waals surface area contributed by atoms with Crippen LogP contribution in [0.3, 0.4) is 0 Å². The standard InChI is InChI=1S/C31H38ClN3O4S/c1-6-24(4)33-31(37)29(18-25-13-8-7-9-14-25)34(20-26-15-11-10-12-22(26)2)30(36)21-35(40(5,38)39)27-17-16-23(3)28(32)19-27/h7-17,19,24,29H,6,18,20-21H2,1-5H3,(H,33,37)/t24-,29+/m0/s1. The number of sulfonamides is 1. The number of nitrogens with zero attached hydrogens (tertiary/aromatic N) is 2. The van der Waals surface area contributed by atoms with E-state index >= 15 is 0 Å². The predicted molar refractivity (Wildman–Crippen MR) is 162 cm³/mol. The summed E-state index contributed by atoms with van der Waals surface area (Å²) in [5.41, 5.74) is 3.79. The SMILES string of the molecule is CC[C@H](C)NC(=O)[C@@H](Cc1ccccc1)N(Cc1ccccc1C)C(=O)CN(c1ccc(C)c(Cl)c1)S(C)(=O)=O. The average Bonchev–Trinajstić information content (AvgIpc) is 2.91. The minimum Gasteiger partial charge on any atom is -0.352 e. The Bertz CT molecular complexity index is 1430. The van der Waals surface area contributed by atoms with Crippen LogP contribution in [0.4, 0.5) is 5.69 Å². The van der Waals surface area contributed by atoms with Crippen LogP contribution in [0.2, 0.25) is 5.02 Å². The number of hydrogen-bond donors (Lipinski definition) is 1. The molecule has 0 heterocycles. The number of carbonyl (C=O) groups is 2. The normalized spacial score (nSPS) is 12.8. The van der Waals surface area contributed by atoms with Crippen molar-refractivity contribution in [2.45, 2.75) is 59.2 Å². The van der Waals surface area contributed by atoms with Gasteiger partial charge in [-0.05, 0) is 61.6 Å². The number of hydrogen-bond acceptors (Lipinski definition) is 4. The molecule has 40 heavy (non-hydrogen) atoms. The van der Waals surface area contributed by atoms with Gasteiger partial charge in [-0.3, -0.25) is 13.9 Å². The van der Waals surface area contributed by atoms with Gasteiger partial charge in [0.15, 0.2) is 0 Å². The topological polar surface area (TPSA) is 86.8 Å². The summed E-state index contributed by atoms with van der Waals surface area (Å²) in [4.78, 5) is 29.4. The second kappa shape index (κ2) is 13.8. The van der Waals surface area contributed by atoms with Gasteiger partial charge in [-0.2, -0.15) is 0 Å². The first-order chi connectivity index (χ1) is 18.9. The van der Waals surface area contributed by atoms with Crippen molar-refractivity contribution in [3.05, 3.63) is 100 Å². The van der Waals surface area contributed by atoms with Gasteiger partial charge >= 0.3 is 0 Å². The molecule has 3 rings (SSSR count). The molecular weight excluding hydrogens is 546 g/mol. The minimum absolute atomic E-state index is 0.0941. The fourth-order valence-electron chi connectivity index (χ4n) is 4.32. The molecule has 3 aromatic carbocycles. The summed E-state index contributed by atoms with van der Waals surface area (Å²) in [6.45, 7) is 7.31. The van der Waals surface area contributed by atoms with E-state index in [9.17, 15) is 18.0 Å². The quantitative estimate of drug-likeness (QED) is 0.314. The van der Waals surface area contributed by atoms with Crippen LogP contribution >= 0.6 is 11.6 Å². The fraction of sp³-hybridized carbons (Fsp3) is 0.355. The monoisotopic (exact) mass is 583 g/mol. The van der Waals surface area contributed by atoms with Gasteiger partial charge in [0.2, 0.25) is 21.8 Å². The summed E-state index contributed by atoms with van der Waals surface area (Å²) in [6, 6.07) is 21.1. The van der Waals surface area contributed by atoms with Crippen LogP contribution in [-0.2, 0) is 32.6 Å². The summed E-state index contributed by atoms with van der Waals surface area (Å²) in [6.07, 6.45) is 2.05. The van der Waals surface area contributed by atoms with Gasteiger partial charge in [0, 0.05) is 24.0 Å². The van der Waals surface area contributed by atoms with Gasteiger partial charge in [0.05, 0.1) is 11.9 Å². The van der Waals surface area contributed by atoms with E-state index in [-0.39, 0.29) is 30.6 Å². The number of carbonyl (C=O) groups excluding carboxylic acids is 2. The van der Waals surface area contributed by atoms with Crippen molar-refractivity contribution in [1.82, 2.24) is 10.2 Å². The summed E-state index contributed by atoms with van der Waals surface area (Å²) in [5, 5.41) is 3.43. The fourth-order valence-corrected chi connectivity index (χ4v) is 5.33. The average molecular weight is 584 g/mol. The third-order valence-corrected chi connectivity index (χ3v) is 8.54. The molecule has 2 amide bonds. The zero-order valence-corrected chi connectivity index (χ0v) is 25.3. The molecule has 0 saturated carbocycles. The lowest BCUT2D eigenvalue weighted by Gasteiger charge is -2.34. The molecule has 1 N–H and O–H groups in total. The molecule has 3 aromatic rings. The van der Waals surface area contributed by atoms with Gasteiger partial charge in [-0.15, -0.1) is 0 Å². The van der Waals surface area contributed by atoms with E-state index in [1.54, 1.807) is 12.1 Å². The molecule has 0 unspecified atom stereocenters. The molecule has 214 valence electrons. The maximum absolute atomic E-state index is 14.1. The van der Waals surface area contributed by atoms with E-state index < -0.39 is 28.5 Å². The first-order valence-electron chi connectivity index (χ1n) is 13.3. The van der Waals surface area contributed by atoms with Crippen LogP contribution in [0.15, 0.2) is 72.8 Å². The Hall–Kier alpha value is -3.36. The minimum atomic E-state index is -3.86. The lowest BCUT2D eigenvalue weighted by atomic mass is 10.0. The van der Waals surface area contributed by atoms with Gasteiger partial charge in [0.1, 0.15) is 12.6 Å². The van der Waals surface area contributed by atoms with Crippen molar-refractivity contribution < 1.29 is 18.0 Å². The molecule has 2 atom stereocenters. The van der Waals surface area contributed by atoms with Crippen LogP contribution in [0.1, 0.15) is 42.5 Å². The zero-order valence-electron chi connectivity index (χ0n) is 23.7. The van der Waals surface area contributed by atoms with Crippen LogP contribution in [0, 0.1) is 13.8 Å². The third kappa shape index (κ3) is 8.32. The Morgan fingerprint density at radius 2 is 1.60 bits per heavy atom. The number of rotatable bonds is 12. The second-order valence-corrected chi connectivity index (χ2v) is 12.5. The van der Waals surface area contributed by atoms with E-state index in [2.05, 4.69) is 5.32 Å². The molecule has 0 aromatic heterocycles. The number of anilines is 1. The van der Waals surface area contributed by atoms with Crippen LogP contribution in [0.25, 0.3) is 0 Å². The lowest BCUT2D eigenvalue weighted by Crippen LogP contribution is -2.54. The van der Waals surface area contributed by atoms with E-state index in [0.29, 0.717) is 5.02 Å². The van der Waals surface area contributed by atoms with Crippen molar-refractivity contribution in [3.8, 4) is 0 Å². The summed E-state index contributed by atoms with van der Waals surface area (Å²) in [7, 11) is -3.86. The van der Waals surface area contributed by atoms with Gasteiger partial charge in [-0.1, -0.05) is 79.2 Å². The Kier molecular flexibility index (Phi) is 10.8. The van der Waals surface area contributed by atoms with Crippen LogP contribution < -0.4 is 9.62 Å². The maximum atomic E-state index is 14.1. The molecule has 0 aliphatic carbocycles. The number of nitrogens with one attached hydrogen (secondary N) is 1. The smallest absolute Gasteiger partial charge is 0.244 e. The van der Waals surface area contributed by atoms with Crippen molar-refractivity contribution >= 4 is 39.1 Å². The Morgan fingerprint density at radius 3 is 2.20 bits per heavy atom. The highest BCUT2D eigenvalue weighted by Crippen LogP contribution is 2.26. The van der Waals surface area contributed by atoms with Crippen LogP contribution in [-0.4, -0.2) is 50.0 Å². The molecule has 0 saturated heterocycles. The highest BCUT2D eigenvalue weighted by Gasteiger charge is 2.33. The number of amides is 2. The van der Waals surface area contributed by atoms with E-state index in [4.69, 9.17) is 11.6 Å². The molecule has 0 radical (unpaired) electrons. The lowest BCUT2D eigenvalue weighted by molar-refractivity contribution is -0.140. The molecule has 0 spiro atoms. The molecule has 7 nitrogen and oxygen atoms in total. The highest BCUT2D eigenvalue weighted by atomic mass is 35.5. The van der Waals surface area contributed by atoms with E-state index in [1.165, 1.54) is 11.0 Å². The van der Waals surface area contributed by atoms with Crippen molar-refractivity contribution in [2.24, 2.45) is 0 Å². The summed E-state index contributed by atoms with van der Waals surface area (Å²) >= 11 is 6.31. The van der Waals surface area contributed by atoms with Crippen molar-refractivity contribution in [2.75, 3.05) is 17.1 Å². The zero-order chi connectivity index (χ0) is 29.4. The molecule has 0 fully saturated rings. The van der Waals surface area contributed by atoms with Crippen LogP contribution in [0.5, 0.6) is 0 Å². The second-order valence-electron chi connectivity index (χ2n) is 10.2. The van der Waals surface area contributed by atoms with Crippen molar-refractivity contribution in [1.29, 1.82) is 0 Å². The van der Waals surface area contributed by atoms with Crippen molar-refractivity contribution in [3.63, 3.8) is 0 Å². The molecule has 0 aliphatic heterocycles. The highest BCUT2D eigenvalue weighted by molar-refractivity contribution is 7.92. The number of halogens is 1. The Morgan fingerprint density at radius 1 is 0.950 bits per heavy atom. The Labute approximate surface area is 243 Å².